The van der Waals surface area contributed by atoms with E-state index in [4.69, 9.17) is 0 Å². The number of ketones is 3. The molecule has 0 aromatic rings. The van der Waals surface area contributed by atoms with Gasteiger partial charge in [-0.2, -0.15) is 0 Å². The molecule has 2 amide bonds. The molecule has 53 heavy (non-hydrogen) atoms. The highest BCUT2D eigenvalue weighted by atomic mass is 32.2. The van der Waals surface area contributed by atoms with Gasteiger partial charge in [-0.3, -0.25) is 24.0 Å². The minimum Gasteiger partial charge on any atom is -0.347 e. The Hall–Kier alpha value is -2.15. The quantitative estimate of drug-likeness (QED) is 0.310. The number of hydrogen-bond donors (Lipinski definition) is 1. The average molecular weight is 781 g/mol. The molecule has 2 aliphatic heterocycles. The summed E-state index contributed by atoms with van der Waals surface area (Å²) in [6.07, 6.45) is 8.20. The van der Waals surface area contributed by atoms with Crippen LogP contribution in [0.2, 0.25) is 0 Å². The highest BCUT2D eigenvalue weighted by Gasteiger charge is 2.69. The highest BCUT2D eigenvalue weighted by Crippen LogP contribution is 2.65. The SMILES string of the molecule is C[C@H](C1(CC(=O)C[C@H]2CS(=O)(=O)CCCCCCC[C@@H](C(=O)C(=O)NC3CC3)CC(=O)[C@@H]3[C@@H]4[C@H](CN3C2=O)C4(C)C)CCCCC1)S(=O)(=O)C(C)(C)C. The largest absolute Gasteiger partial charge is 0.347 e. The van der Waals surface area contributed by atoms with Crippen LogP contribution in [0.25, 0.3) is 0 Å². The van der Waals surface area contributed by atoms with E-state index < -0.39 is 76.3 Å². The second-order valence-electron chi connectivity index (χ2n) is 18.9. The lowest BCUT2D eigenvalue weighted by molar-refractivity contribution is -0.145. The van der Waals surface area contributed by atoms with Crippen LogP contribution in [0, 0.1) is 34.5 Å². The van der Waals surface area contributed by atoms with Crippen molar-refractivity contribution in [3.63, 3.8) is 0 Å². The second kappa shape index (κ2) is 15.8. The van der Waals surface area contributed by atoms with Crippen LogP contribution >= 0.6 is 0 Å². The van der Waals surface area contributed by atoms with Crippen LogP contribution in [0.3, 0.4) is 0 Å². The zero-order valence-electron chi connectivity index (χ0n) is 32.9. The van der Waals surface area contributed by atoms with E-state index in [9.17, 15) is 40.8 Å². The fourth-order valence-corrected chi connectivity index (χ4v) is 13.6. The number of nitrogens with one attached hydrogen (secondary N) is 1. The molecule has 3 saturated carbocycles. The first-order valence-electron chi connectivity index (χ1n) is 20.2. The Morgan fingerprint density at radius 1 is 0.925 bits per heavy atom. The van der Waals surface area contributed by atoms with Crippen molar-refractivity contribution < 1.29 is 40.8 Å². The molecule has 0 unspecified atom stereocenters. The molecular formula is C40H64N2O9S2. The molecule has 1 N–H and O–H groups in total. The molecule has 0 spiro atoms. The van der Waals surface area contributed by atoms with E-state index >= 15 is 0 Å². The Labute approximate surface area is 317 Å². The van der Waals surface area contributed by atoms with Gasteiger partial charge in [0.2, 0.25) is 11.7 Å². The number of carbonyl (C=O) groups excluding carboxylic acids is 5. The van der Waals surface area contributed by atoms with E-state index in [0.29, 0.717) is 38.5 Å². The second-order valence-corrected chi connectivity index (χ2v) is 24.1. The summed E-state index contributed by atoms with van der Waals surface area (Å²) in [6.45, 7) is 11.0. The van der Waals surface area contributed by atoms with Crippen molar-refractivity contribution in [2.24, 2.45) is 34.5 Å². The summed E-state index contributed by atoms with van der Waals surface area (Å²) < 4.78 is 53.7. The fourth-order valence-electron chi connectivity index (χ4n) is 9.91. The van der Waals surface area contributed by atoms with Gasteiger partial charge in [-0.25, -0.2) is 16.8 Å². The molecule has 3 aliphatic carbocycles. The number of piperidine rings is 1. The summed E-state index contributed by atoms with van der Waals surface area (Å²) in [7, 11) is -7.39. The number of Topliss-reactive ketones (excluding diaryl/α,β-unsaturated/α-hetero) is 3. The molecule has 13 heteroatoms. The third-order valence-corrected chi connectivity index (χ3v) is 18.6. The molecule has 5 rings (SSSR count). The van der Waals surface area contributed by atoms with Crippen LogP contribution in [0.5, 0.6) is 0 Å². The van der Waals surface area contributed by atoms with E-state index in [1.54, 1.807) is 27.7 Å². The van der Waals surface area contributed by atoms with E-state index in [-0.39, 0.29) is 66.4 Å². The number of hydrogen-bond acceptors (Lipinski definition) is 9. The maximum atomic E-state index is 14.6. The number of fused-ring (bicyclic) bond motifs is 3. The lowest BCUT2D eigenvalue weighted by atomic mass is 9.68. The summed E-state index contributed by atoms with van der Waals surface area (Å²) in [5, 5.41) is 1.97. The van der Waals surface area contributed by atoms with E-state index in [1.807, 2.05) is 13.8 Å². The molecule has 0 radical (unpaired) electrons. The van der Waals surface area contributed by atoms with Gasteiger partial charge >= 0.3 is 0 Å². The number of amides is 2. The molecule has 2 saturated heterocycles. The summed E-state index contributed by atoms with van der Waals surface area (Å²) >= 11 is 0. The van der Waals surface area contributed by atoms with Crippen molar-refractivity contribution in [3.8, 4) is 0 Å². The first kappa shape index (κ1) is 42.0. The van der Waals surface area contributed by atoms with Crippen LogP contribution in [0.1, 0.15) is 144 Å². The highest BCUT2D eigenvalue weighted by molar-refractivity contribution is 7.93. The van der Waals surface area contributed by atoms with Crippen LogP contribution in [-0.4, -0.2) is 91.0 Å². The van der Waals surface area contributed by atoms with Crippen molar-refractivity contribution in [2.45, 2.75) is 166 Å². The molecule has 5 fully saturated rings. The Kier molecular flexibility index (Phi) is 12.5. The van der Waals surface area contributed by atoms with Gasteiger partial charge in [-0.05, 0) is 88.9 Å². The van der Waals surface area contributed by atoms with Gasteiger partial charge in [0.05, 0.1) is 33.5 Å². The fraction of sp³-hybridized carbons (Fsp3) is 0.875. The summed E-state index contributed by atoms with van der Waals surface area (Å²) in [5.74, 6) is -5.24. The van der Waals surface area contributed by atoms with Crippen LogP contribution in [0.15, 0.2) is 0 Å². The van der Waals surface area contributed by atoms with Gasteiger partial charge in [-0.1, -0.05) is 58.8 Å². The van der Waals surface area contributed by atoms with Crippen LogP contribution in [-0.2, 0) is 43.6 Å². The molecule has 2 heterocycles. The number of rotatable bonds is 9. The Morgan fingerprint density at radius 3 is 2.15 bits per heavy atom. The van der Waals surface area contributed by atoms with Gasteiger partial charge in [0.15, 0.2) is 25.5 Å². The number of nitrogens with zero attached hydrogens (tertiary/aromatic N) is 1. The normalized spacial score (nSPS) is 31.5. The topological polar surface area (TPSA) is 169 Å². The standard InChI is InChI=1S/C40H64N2O9S2/c1-26(53(50,51)38(2,3)4)40(18-12-10-13-19-40)23-30(43)21-28-25-52(48,49)20-14-9-7-8-11-15-27(35(45)36(46)41-29-16-17-29)22-32(44)34-33-31(39(33,5)6)24-42(34)37(28)47/h26-29,31,33-34H,7-25H2,1-6H3,(H,41,46)/t26-,27-,28+,31+,33+,34-/m1/s1. The molecule has 11 nitrogen and oxygen atoms in total. The van der Waals surface area contributed by atoms with Crippen molar-refractivity contribution in [2.75, 3.05) is 18.1 Å². The molecule has 0 bridgehead atoms. The first-order chi connectivity index (χ1) is 24.6. The van der Waals surface area contributed by atoms with Crippen molar-refractivity contribution in [1.82, 2.24) is 10.2 Å². The van der Waals surface area contributed by atoms with Gasteiger partial charge in [0.1, 0.15) is 5.78 Å². The molecular weight excluding hydrogens is 717 g/mol. The van der Waals surface area contributed by atoms with Crippen molar-refractivity contribution in [3.05, 3.63) is 0 Å². The molecule has 0 aromatic carbocycles. The molecule has 0 aromatic heterocycles. The lowest BCUT2D eigenvalue weighted by Gasteiger charge is -2.44. The van der Waals surface area contributed by atoms with Gasteiger partial charge in [-0.15, -0.1) is 0 Å². The van der Waals surface area contributed by atoms with Crippen molar-refractivity contribution >= 4 is 48.8 Å². The van der Waals surface area contributed by atoms with Crippen molar-refractivity contribution in [1.29, 1.82) is 0 Å². The maximum Gasteiger partial charge on any atom is 0.287 e. The Balaban J connectivity index is 1.43. The van der Waals surface area contributed by atoms with Gasteiger partial charge < -0.3 is 10.2 Å². The monoisotopic (exact) mass is 780 g/mol. The number of carbonyl (C=O) groups is 5. The Morgan fingerprint density at radius 2 is 1.53 bits per heavy atom. The summed E-state index contributed by atoms with van der Waals surface area (Å²) in [6, 6.07) is -0.876. The average Bonchev–Trinajstić information content (AvgIpc) is 3.92. The molecule has 6 atom stereocenters. The number of sulfone groups is 2. The van der Waals surface area contributed by atoms with Crippen LogP contribution < -0.4 is 5.32 Å². The smallest absolute Gasteiger partial charge is 0.287 e. The predicted octanol–water partition coefficient (Wildman–Crippen LogP) is 5.18. The van der Waals surface area contributed by atoms with Gasteiger partial charge in [0, 0.05) is 37.8 Å². The predicted molar refractivity (Wildman–Crippen MR) is 203 cm³/mol. The van der Waals surface area contributed by atoms with Gasteiger partial charge in [0.25, 0.3) is 5.91 Å². The molecule has 300 valence electrons. The summed E-state index contributed by atoms with van der Waals surface area (Å²) in [5.41, 5.74) is -1.05. The van der Waals surface area contributed by atoms with E-state index in [1.165, 1.54) is 4.90 Å². The first-order valence-corrected chi connectivity index (χ1v) is 23.6. The zero-order chi connectivity index (χ0) is 39.1. The Bertz CT molecular complexity index is 1650. The molecule has 5 aliphatic rings. The minimum atomic E-state index is -3.75. The third kappa shape index (κ3) is 9.29. The third-order valence-electron chi connectivity index (χ3n) is 13.6. The van der Waals surface area contributed by atoms with E-state index in [2.05, 4.69) is 5.32 Å². The van der Waals surface area contributed by atoms with E-state index in [0.717, 1.165) is 44.9 Å². The minimum absolute atomic E-state index is 0.000621. The maximum absolute atomic E-state index is 14.6. The summed E-state index contributed by atoms with van der Waals surface area (Å²) in [4.78, 5) is 70.9. The lowest BCUT2D eigenvalue weighted by Crippen LogP contribution is -2.50. The zero-order valence-corrected chi connectivity index (χ0v) is 34.5. The van der Waals surface area contributed by atoms with Crippen LogP contribution in [0.4, 0.5) is 0 Å².